The standard InChI is InChI=1S/C11H9FO/c1-2-11(7-8-13-11)9-3-5-10(12)6-4-9/h1,3-6H,7-8H2. The molecule has 0 N–H and O–H groups in total. The molecule has 1 aliphatic rings. The molecule has 0 amide bonds. The second-order valence-electron chi connectivity index (χ2n) is 3.08. The first-order valence-electron chi connectivity index (χ1n) is 4.15. The van der Waals surface area contributed by atoms with E-state index in [1.807, 2.05) is 0 Å². The molecule has 2 heteroatoms. The topological polar surface area (TPSA) is 9.23 Å². The summed E-state index contributed by atoms with van der Waals surface area (Å²) >= 11 is 0. The van der Waals surface area contributed by atoms with Crippen LogP contribution < -0.4 is 0 Å². The van der Waals surface area contributed by atoms with E-state index >= 15 is 0 Å². The van der Waals surface area contributed by atoms with Crippen LogP contribution in [0, 0.1) is 18.2 Å². The second kappa shape index (κ2) is 2.86. The number of hydrogen-bond acceptors (Lipinski definition) is 1. The van der Waals surface area contributed by atoms with Crippen molar-refractivity contribution in [3.8, 4) is 12.3 Å². The summed E-state index contributed by atoms with van der Waals surface area (Å²) in [5.41, 5.74) is 0.274. The molecular formula is C11H9FO. The van der Waals surface area contributed by atoms with E-state index in [1.54, 1.807) is 12.1 Å². The maximum Gasteiger partial charge on any atom is 0.156 e. The van der Waals surface area contributed by atoms with Crippen molar-refractivity contribution in [1.82, 2.24) is 0 Å². The summed E-state index contributed by atoms with van der Waals surface area (Å²) in [5.74, 6) is 2.35. The Morgan fingerprint density at radius 3 is 2.38 bits per heavy atom. The van der Waals surface area contributed by atoms with Crippen molar-refractivity contribution in [2.75, 3.05) is 6.61 Å². The van der Waals surface area contributed by atoms with Gasteiger partial charge in [-0.05, 0) is 17.7 Å². The molecule has 1 saturated heterocycles. The molecule has 1 fully saturated rings. The van der Waals surface area contributed by atoms with Crippen molar-refractivity contribution in [2.45, 2.75) is 12.0 Å². The Morgan fingerprint density at radius 1 is 1.38 bits per heavy atom. The summed E-state index contributed by atoms with van der Waals surface area (Å²) in [7, 11) is 0. The van der Waals surface area contributed by atoms with E-state index in [-0.39, 0.29) is 5.82 Å². The van der Waals surface area contributed by atoms with E-state index in [9.17, 15) is 4.39 Å². The molecule has 0 radical (unpaired) electrons. The third-order valence-corrected chi connectivity index (χ3v) is 2.35. The zero-order valence-corrected chi connectivity index (χ0v) is 7.09. The van der Waals surface area contributed by atoms with Crippen LogP contribution in [0.3, 0.4) is 0 Å². The summed E-state index contributed by atoms with van der Waals surface area (Å²) in [6, 6.07) is 6.15. The van der Waals surface area contributed by atoms with Crippen LogP contribution in [-0.2, 0) is 10.3 Å². The van der Waals surface area contributed by atoms with Gasteiger partial charge in [0.25, 0.3) is 0 Å². The van der Waals surface area contributed by atoms with Crippen LogP contribution in [0.4, 0.5) is 4.39 Å². The average molecular weight is 176 g/mol. The molecule has 0 aliphatic carbocycles. The van der Waals surface area contributed by atoms with Gasteiger partial charge >= 0.3 is 0 Å². The largest absolute Gasteiger partial charge is 0.358 e. The zero-order chi connectivity index (χ0) is 9.31. The lowest BCUT2D eigenvalue weighted by molar-refractivity contribution is -0.110. The Bertz CT molecular complexity index is 343. The molecule has 1 atom stereocenters. The monoisotopic (exact) mass is 176 g/mol. The molecule has 0 bridgehead atoms. The SMILES string of the molecule is C#CC1(c2ccc(F)cc2)CCO1. The van der Waals surface area contributed by atoms with Gasteiger partial charge in [-0.1, -0.05) is 18.1 Å². The highest BCUT2D eigenvalue weighted by Gasteiger charge is 2.38. The Labute approximate surface area is 76.5 Å². The summed E-state index contributed by atoms with van der Waals surface area (Å²) in [6.45, 7) is 0.682. The maximum atomic E-state index is 12.6. The molecular weight excluding hydrogens is 167 g/mol. The van der Waals surface area contributed by atoms with Crippen LogP contribution in [0.2, 0.25) is 0 Å². The number of benzene rings is 1. The third kappa shape index (κ3) is 1.22. The number of rotatable bonds is 1. The Balaban J connectivity index is 2.35. The number of ether oxygens (including phenoxy) is 1. The lowest BCUT2D eigenvalue weighted by Crippen LogP contribution is -2.39. The molecule has 1 aliphatic heterocycles. The van der Waals surface area contributed by atoms with Gasteiger partial charge < -0.3 is 4.74 Å². The van der Waals surface area contributed by atoms with Crippen LogP contribution in [0.25, 0.3) is 0 Å². The Hall–Kier alpha value is -1.33. The first kappa shape index (κ1) is 8.28. The van der Waals surface area contributed by atoms with Crippen molar-refractivity contribution >= 4 is 0 Å². The number of terminal acetylenes is 1. The van der Waals surface area contributed by atoms with Crippen molar-refractivity contribution in [2.24, 2.45) is 0 Å². The average Bonchev–Trinajstić information content (AvgIpc) is 2.07. The molecule has 0 spiro atoms. The summed E-state index contributed by atoms with van der Waals surface area (Å²) in [5, 5.41) is 0. The van der Waals surface area contributed by atoms with Crippen LogP contribution >= 0.6 is 0 Å². The maximum absolute atomic E-state index is 12.6. The van der Waals surface area contributed by atoms with E-state index in [0.717, 1.165) is 12.0 Å². The fourth-order valence-electron chi connectivity index (χ4n) is 1.45. The highest BCUT2D eigenvalue weighted by Crippen LogP contribution is 2.36. The minimum absolute atomic E-state index is 0.254. The molecule has 1 unspecified atom stereocenters. The van der Waals surface area contributed by atoms with Gasteiger partial charge in [0.05, 0.1) is 6.61 Å². The molecule has 1 nitrogen and oxygen atoms in total. The van der Waals surface area contributed by atoms with E-state index in [2.05, 4.69) is 5.92 Å². The second-order valence-corrected chi connectivity index (χ2v) is 3.08. The summed E-state index contributed by atoms with van der Waals surface area (Å²) in [6.07, 6.45) is 6.18. The molecule has 1 heterocycles. The van der Waals surface area contributed by atoms with Gasteiger partial charge in [-0.2, -0.15) is 0 Å². The summed E-state index contributed by atoms with van der Waals surface area (Å²) < 4.78 is 17.9. The van der Waals surface area contributed by atoms with E-state index in [0.29, 0.717) is 6.61 Å². The van der Waals surface area contributed by atoms with Gasteiger partial charge in [-0.25, -0.2) is 4.39 Å². The van der Waals surface area contributed by atoms with Gasteiger partial charge in [-0.15, -0.1) is 6.42 Å². The zero-order valence-electron chi connectivity index (χ0n) is 7.09. The third-order valence-electron chi connectivity index (χ3n) is 2.35. The minimum atomic E-state index is -0.590. The highest BCUT2D eigenvalue weighted by molar-refractivity contribution is 5.33. The molecule has 2 rings (SSSR count). The van der Waals surface area contributed by atoms with Gasteiger partial charge in [0.15, 0.2) is 5.60 Å². The van der Waals surface area contributed by atoms with E-state index < -0.39 is 5.60 Å². The molecule has 0 aromatic heterocycles. The van der Waals surface area contributed by atoms with Crippen molar-refractivity contribution in [3.05, 3.63) is 35.6 Å². The van der Waals surface area contributed by atoms with Crippen molar-refractivity contribution in [3.63, 3.8) is 0 Å². The summed E-state index contributed by atoms with van der Waals surface area (Å²) in [4.78, 5) is 0. The van der Waals surface area contributed by atoms with Crippen LogP contribution in [0.1, 0.15) is 12.0 Å². The lowest BCUT2D eigenvalue weighted by atomic mass is 9.87. The lowest BCUT2D eigenvalue weighted by Gasteiger charge is -2.37. The number of halogens is 1. The highest BCUT2D eigenvalue weighted by atomic mass is 19.1. The Kier molecular flexibility index (Phi) is 1.82. The molecule has 0 saturated carbocycles. The normalized spacial score (nSPS) is 26.2. The number of hydrogen-bond donors (Lipinski definition) is 0. The van der Waals surface area contributed by atoms with Gasteiger partial charge in [0.1, 0.15) is 5.82 Å². The van der Waals surface area contributed by atoms with Gasteiger partial charge in [-0.3, -0.25) is 0 Å². The quantitative estimate of drug-likeness (QED) is 0.595. The predicted octanol–water partition coefficient (Wildman–Crippen LogP) is 2.07. The smallest absolute Gasteiger partial charge is 0.156 e. The van der Waals surface area contributed by atoms with Crippen LogP contribution in [0.5, 0.6) is 0 Å². The fourth-order valence-corrected chi connectivity index (χ4v) is 1.45. The fraction of sp³-hybridized carbons (Fsp3) is 0.273. The molecule has 1 aromatic rings. The Morgan fingerprint density at radius 2 is 2.00 bits per heavy atom. The first-order chi connectivity index (χ1) is 6.27. The molecule has 66 valence electrons. The van der Waals surface area contributed by atoms with Crippen molar-refractivity contribution in [1.29, 1.82) is 0 Å². The van der Waals surface area contributed by atoms with Gasteiger partial charge in [0.2, 0.25) is 0 Å². The van der Waals surface area contributed by atoms with Gasteiger partial charge in [0, 0.05) is 6.42 Å². The van der Waals surface area contributed by atoms with E-state index in [1.165, 1.54) is 12.1 Å². The first-order valence-corrected chi connectivity index (χ1v) is 4.15. The predicted molar refractivity (Wildman–Crippen MR) is 47.5 cm³/mol. The van der Waals surface area contributed by atoms with Crippen LogP contribution in [-0.4, -0.2) is 6.61 Å². The minimum Gasteiger partial charge on any atom is -0.358 e. The molecule has 1 aromatic carbocycles. The van der Waals surface area contributed by atoms with Crippen molar-refractivity contribution < 1.29 is 9.13 Å². The molecule has 13 heavy (non-hydrogen) atoms. The van der Waals surface area contributed by atoms with E-state index in [4.69, 9.17) is 11.2 Å². The van der Waals surface area contributed by atoms with Crippen LogP contribution in [0.15, 0.2) is 24.3 Å².